The fourth-order valence-corrected chi connectivity index (χ4v) is 3.12. The Bertz CT molecular complexity index is 720. The van der Waals surface area contributed by atoms with Gasteiger partial charge in [0, 0.05) is 6.54 Å². The fraction of sp³-hybridized carbons (Fsp3) is 0.417. The molecule has 0 radical (unpaired) electrons. The van der Waals surface area contributed by atoms with Crippen LogP contribution >= 0.6 is 0 Å². The molecule has 0 saturated carbocycles. The number of hydrogen-bond donors (Lipinski definition) is 1. The number of amides is 1. The topological polar surface area (TPSA) is 89.7 Å². The molecule has 1 aromatic carbocycles. The minimum atomic E-state index is -5.76. The average Bonchev–Trinajstić information content (AvgIpc) is 2.46. The molecule has 0 aromatic heterocycles. The summed E-state index contributed by atoms with van der Waals surface area (Å²) in [6, 6.07) is 2.05. The van der Waals surface area contributed by atoms with Gasteiger partial charge in [0.05, 0.1) is 18.8 Å². The number of carbonyl (C=O) groups excluding carboxylic acids is 1. The van der Waals surface area contributed by atoms with Crippen LogP contribution < -0.4 is 10.6 Å². The van der Waals surface area contributed by atoms with Crippen molar-refractivity contribution >= 4 is 21.4 Å². The van der Waals surface area contributed by atoms with Crippen molar-refractivity contribution in [1.82, 2.24) is 0 Å². The first kappa shape index (κ1) is 17.5. The molecule has 23 heavy (non-hydrogen) atoms. The molecule has 128 valence electrons. The van der Waals surface area contributed by atoms with Crippen LogP contribution in [0, 0.1) is 5.82 Å². The van der Waals surface area contributed by atoms with Crippen molar-refractivity contribution in [1.29, 1.82) is 0 Å². The molecule has 1 aliphatic heterocycles. The van der Waals surface area contributed by atoms with Crippen LogP contribution in [0.15, 0.2) is 23.1 Å². The van der Waals surface area contributed by atoms with E-state index in [1.807, 2.05) is 0 Å². The van der Waals surface area contributed by atoms with E-state index in [-0.39, 0.29) is 25.4 Å². The summed E-state index contributed by atoms with van der Waals surface area (Å²) in [5.41, 5.74) is -0.865. The zero-order valence-corrected chi connectivity index (χ0v) is 12.3. The molecule has 6 nitrogen and oxygen atoms in total. The van der Waals surface area contributed by atoms with E-state index in [2.05, 4.69) is 0 Å². The molecule has 0 spiro atoms. The quantitative estimate of drug-likeness (QED) is 0.810. The normalized spacial score (nSPS) is 19.7. The number of nitrogens with zero attached hydrogens (tertiary/aromatic N) is 1. The second kappa shape index (κ2) is 5.96. The van der Waals surface area contributed by atoms with Gasteiger partial charge in [-0.2, -0.15) is 13.2 Å². The predicted octanol–water partition coefficient (Wildman–Crippen LogP) is 0.810. The largest absolute Gasteiger partial charge is 0.501 e. The molecule has 1 saturated heterocycles. The first-order valence-electron chi connectivity index (χ1n) is 6.31. The molecule has 11 heteroatoms. The molecular formula is C12H12F4N2O4S. The lowest BCUT2D eigenvalue weighted by molar-refractivity contribution is -0.130. The molecule has 2 N–H and O–H groups in total. The summed E-state index contributed by atoms with van der Waals surface area (Å²) < 4.78 is 79.9. The van der Waals surface area contributed by atoms with Gasteiger partial charge >= 0.3 is 5.51 Å². The van der Waals surface area contributed by atoms with E-state index in [0.717, 1.165) is 12.1 Å². The van der Waals surface area contributed by atoms with Gasteiger partial charge in [-0.25, -0.2) is 12.8 Å². The number of rotatable bonds is 3. The maximum atomic E-state index is 13.3. The van der Waals surface area contributed by atoms with Crippen LogP contribution in [-0.2, 0) is 19.4 Å². The maximum absolute atomic E-state index is 13.3. The highest BCUT2D eigenvalue weighted by molar-refractivity contribution is 7.92. The average molecular weight is 356 g/mol. The van der Waals surface area contributed by atoms with Crippen LogP contribution in [-0.4, -0.2) is 45.6 Å². The number of morpholine rings is 1. The van der Waals surface area contributed by atoms with Crippen LogP contribution in [0.5, 0.6) is 0 Å². The van der Waals surface area contributed by atoms with Gasteiger partial charge in [-0.1, -0.05) is 0 Å². The summed E-state index contributed by atoms with van der Waals surface area (Å²) in [5, 5.41) is 0. The van der Waals surface area contributed by atoms with Gasteiger partial charge in [0.15, 0.2) is 6.10 Å². The number of halogens is 4. The van der Waals surface area contributed by atoms with E-state index in [1.54, 1.807) is 0 Å². The summed E-state index contributed by atoms with van der Waals surface area (Å²) in [7, 11) is -5.76. The fourth-order valence-electron chi connectivity index (χ4n) is 2.13. The number of primary amides is 1. The summed E-state index contributed by atoms with van der Waals surface area (Å²) in [6.45, 7) is -0.256. The molecule has 0 bridgehead atoms. The number of carbonyl (C=O) groups is 1. The van der Waals surface area contributed by atoms with Crippen LogP contribution in [0.25, 0.3) is 0 Å². The number of ether oxygens (including phenoxy) is 1. The van der Waals surface area contributed by atoms with Crippen LogP contribution in [0.2, 0.25) is 0 Å². The van der Waals surface area contributed by atoms with Crippen LogP contribution in [0.1, 0.15) is 0 Å². The Morgan fingerprint density at radius 1 is 1.35 bits per heavy atom. The number of hydrogen-bond acceptors (Lipinski definition) is 5. The third kappa shape index (κ3) is 3.39. The van der Waals surface area contributed by atoms with Crippen molar-refractivity contribution in [2.45, 2.75) is 16.5 Å². The van der Waals surface area contributed by atoms with Crippen molar-refractivity contribution in [3.05, 3.63) is 24.0 Å². The number of nitrogens with two attached hydrogens (primary N) is 1. The van der Waals surface area contributed by atoms with Gasteiger partial charge in [0.1, 0.15) is 10.7 Å². The Balaban J connectivity index is 2.50. The second-order valence-electron chi connectivity index (χ2n) is 4.77. The Labute approximate surface area is 128 Å². The molecule has 1 aromatic rings. The summed E-state index contributed by atoms with van der Waals surface area (Å²) in [6.07, 6.45) is -1.10. The number of benzene rings is 1. The van der Waals surface area contributed by atoms with Crippen molar-refractivity contribution < 1.29 is 35.5 Å². The SMILES string of the molecule is NC(=O)C1CN(c2ccc(F)cc2S(=O)(=O)C(F)(F)F)CCO1. The van der Waals surface area contributed by atoms with E-state index >= 15 is 0 Å². The first-order chi connectivity index (χ1) is 10.5. The molecule has 1 fully saturated rings. The van der Waals surface area contributed by atoms with Gasteiger partial charge < -0.3 is 15.4 Å². The van der Waals surface area contributed by atoms with Crippen molar-refractivity contribution in [2.75, 3.05) is 24.6 Å². The molecule has 1 unspecified atom stereocenters. The summed E-state index contributed by atoms with van der Waals surface area (Å²) >= 11 is 0. The van der Waals surface area contributed by atoms with Crippen molar-refractivity contribution in [2.24, 2.45) is 5.73 Å². The van der Waals surface area contributed by atoms with Gasteiger partial charge in [-0.3, -0.25) is 4.79 Å². The molecule has 0 aliphatic carbocycles. The Kier molecular flexibility index (Phi) is 4.53. The Morgan fingerprint density at radius 3 is 2.57 bits per heavy atom. The Morgan fingerprint density at radius 2 is 2.00 bits per heavy atom. The Hall–Kier alpha value is -1.88. The lowest BCUT2D eigenvalue weighted by Gasteiger charge is -2.34. The number of alkyl halides is 3. The third-order valence-corrected chi connectivity index (χ3v) is 4.76. The van der Waals surface area contributed by atoms with Crippen LogP contribution in [0.4, 0.5) is 23.2 Å². The second-order valence-corrected chi connectivity index (χ2v) is 6.68. The lowest BCUT2D eigenvalue weighted by atomic mass is 10.2. The molecule has 1 atom stereocenters. The smallest absolute Gasteiger partial charge is 0.367 e. The summed E-state index contributed by atoms with van der Waals surface area (Å²) in [5.74, 6) is -1.96. The first-order valence-corrected chi connectivity index (χ1v) is 7.79. The van der Waals surface area contributed by atoms with Gasteiger partial charge in [0.2, 0.25) is 5.91 Å². The van der Waals surface area contributed by atoms with E-state index < -0.39 is 38.1 Å². The summed E-state index contributed by atoms with van der Waals surface area (Å²) in [4.78, 5) is 11.1. The molecule has 1 heterocycles. The highest BCUT2D eigenvalue weighted by atomic mass is 32.2. The zero-order chi connectivity index (χ0) is 17.4. The highest BCUT2D eigenvalue weighted by Crippen LogP contribution is 2.36. The monoisotopic (exact) mass is 356 g/mol. The molecule has 1 aliphatic rings. The van der Waals surface area contributed by atoms with Crippen molar-refractivity contribution in [3.63, 3.8) is 0 Å². The van der Waals surface area contributed by atoms with E-state index in [1.165, 1.54) is 4.90 Å². The van der Waals surface area contributed by atoms with E-state index in [9.17, 15) is 30.8 Å². The van der Waals surface area contributed by atoms with Crippen molar-refractivity contribution in [3.8, 4) is 0 Å². The van der Waals surface area contributed by atoms with E-state index in [0.29, 0.717) is 6.07 Å². The maximum Gasteiger partial charge on any atom is 0.501 e. The van der Waals surface area contributed by atoms with Gasteiger partial charge in [0.25, 0.3) is 9.84 Å². The third-order valence-electron chi connectivity index (χ3n) is 3.24. The van der Waals surface area contributed by atoms with E-state index in [4.69, 9.17) is 10.5 Å². The standard InChI is InChI=1S/C12H12F4N2O4S/c13-7-1-2-8(10(5-7)23(20,21)12(14,15)16)18-3-4-22-9(6-18)11(17)19/h1-2,5,9H,3-4,6H2,(H2,17,19). The zero-order valence-electron chi connectivity index (χ0n) is 11.5. The molecular weight excluding hydrogens is 344 g/mol. The molecule has 1 amide bonds. The minimum absolute atomic E-state index is 0.0236. The molecule has 2 rings (SSSR count). The van der Waals surface area contributed by atoms with Gasteiger partial charge in [-0.15, -0.1) is 0 Å². The predicted molar refractivity (Wildman–Crippen MR) is 70.8 cm³/mol. The highest BCUT2D eigenvalue weighted by Gasteiger charge is 2.48. The number of sulfone groups is 1. The number of anilines is 1. The van der Waals surface area contributed by atoms with Gasteiger partial charge in [-0.05, 0) is 18.2 Å². The van der Waals surface area contributed by atoms with Crippen LogP contribution in [0.3, 0.4) is 0 Å². The minimum Gasteiger partial charge on any atom is -0.367 e. The lowest BCUT2D eigenvalue weighted by Crippen LogP contribution is -2.49.